The average Bonchev–Trinajstić information content (AvgIpc) is 2.29. The third-order valence-electron chi connectivity index (χ3n) is 2.92. The van der Waals surface area contributed by atoms with Crippen LogP contribution in [0.5, 0.6) is 0 Å². The van der Waals surface area contributed by atoms with Crippen molar-refractivity contribution in [1.82, 2.24) is 9.78 Å². The molecule has 0 bridgehead atoms. The molecule has 0 aliphatic heterocycles. The molecule has 1 aliphatic carbocycles. The van der Waals surface area contributed by atoms with Gasteiger partial charge in [0.15, 0.2) is 0 Å². The first kappa shape index (κ1) is 9.58. The van der Waals surface area contributed by atoms with E-state index in [1.54, 1.807) is 17.9 Å². The van der Waals surface area contributed by atoms with Crippen molar-refractivity contribution in [3.63, 3.8) is 0 Å². The molecule has 5 heteroatoms. The Morgan fingerprint density at radius 3 is 2.43 bits per heavy atom. The molecule has 1 aromatic heterocycles. The number of hydrogen-bond donors (Lipinski definition) is 1. The fourth-order valence-electron chi connectivity index (χ4n) is 2.05. The van der Waals surface area contributed by atoms with E-state index in [0.29, 0.717) is 0 Å². The second-order valence-corrected chi connectivity index (χ2v) is 4.13. The first-order chi connectivity index (χ1) is 6.34. The van der Waals surface area contributed by atoms with Crippen LogP contribution in [-0.2, 0) is 12.6 Å². The third-order valence-corrected chi connectivity index (χ3v) is 2.92. The molecule has 1 aromatic rings. The summed E-state index contributed by atoms with van der Waals surface area (Å²) in [6, 6.07) is 0. The van der Waals surface area contributed by atoms with Crippen LogP contribution in [-0.4, -0.2) is 15.7 Å². The molecule has 2 rings (SSSR count). The van der Waals surface area contributed by atoms with E-state index in [4.69, 9.17) is 5.73 Å². The van der Waals surface area contributed by atoms with E-state index in [9.17, 15) is 8.78 Å². The van der Waals surface area contributed by atoms with Gasteiger partial charge in [0.1, 0.15) is 0 Å². The van der Waals surface area contributed by atoms with Crippen LogP contribution in [0.2, 0.25) is 0 Å². The van der Waals surface area contributed by atoms with Crippen LogP contribution in [0.3, 0.4) is 0 Å². The lowest BCUT2D eigenvalue weighted by atomic mass is 9.70. The van der Waals surface area contributed by atoms with Gasteiger partial charge in [0.25, 0.3) is 5.92 Å². The smallest absolute Gasteiger partial charge is 0.252 e. The lowest BCUT2D eigenvalue weighted by molar-refractivity contribution is -0.125. The summed E-state index contributed by atoms with van der Waals surface area (Å²) in [4.78, 5) is 0. The van der Waals surface area contributed by atoms with Gasteiger partial charge in [-0.2, -0.15) is 5.10 Å². The monoisotopic (exact) mass is 201 g/mol. The van der Waals surface area contributed by atoms with E-state index < -0.39 is 11.5 Å². The molecule has 1 fully saturated rings. The number of aromatic nitrogens is 2. The number of nitrogens with two attached hydrogens (primary N) is 1. The number of rotatable bonds is 1. The van der Waals surface area contributed by atoms with Crippen molar-refractivity contribution in [3.8, 4) is 0 Å². The van der Waals surface area contributed by atoms with Crippen LogP contribution in [0, 0.1) is 6.92 Å². The highest BCUT2D eigenvalue weighted by molar-refractivity contribution is 5.30. The number of alkyl halides is 2. The Bertz CT molecular complexity index is 362. The molecule has 0 saturated heterocycles. The highest BCUT2D eigenvalue weighted by Gasteiger charge is 2.56. The van der Waals surface area contributed by atoms with Gasteiger partial charge < -0.3 is 5.73 Å². The minimum absolute atomic E-state index is 0.271. The SMILES string of the molecule is Cc1c(C2(N)CC(F)(F)C2)cnn1C. The predicted octanol–water partition coefficient (Wildman–Crippen LogP) is 1.31. The second-order valence-electron chi connectivity index (χ2n) is 4.13. The van der Waals surface area contributed by atoms with Gasteiger partial charge in [-0.1, -0.05) is 0 Å². The van der Waals surface area contributed by atoms with Crippen molar-refractivity contribution >= 4 is 0 Å². The molecule has 0 unspecified atom stereocenters. The zero-order valence-corrected chi connectivity index (χ0v) is 8.22. The molecular weight excluding hydrogens is 188 g/mol. The molecule has 0 amide bonds. The Morgan fingerprint density at radius 1 is 1.50 bits per heavy atom. The summed E-state index contributed by atoms with van der Waals surface area (Å²) < 4.78 is 27.2. The minimum atomic E-state index is -2.60. The molecule has 0 aromatic carbocycles. The largest absolute Gasteiger partial charge is 0.321 e. The lowest BCUT2D eigenvalue weighted by Crippen LogP contribution is -2.55. The molecule has 1 aliphatic rings. The molecule has 0 atom stereocenters. The van der Waals surface area contributed by atoms with Gasteiger partial charge in [0.2, 0.25) is 0 Å². The summed E-state index contributed by atoms with van der Waals surface area (Å²) in [5.41, 5.74) is 6.61. The minimum Gasteiger partial charge on any atom is -0.321 e. The number of aryl methyl sites for hydroxylation is 1. The molecule has 3 nitrogen and oxygen atoms in total. The van der Waals surface area contributed by atoms with Crippen molar-refractivity contribution in [2.45, 2.75) is 31.2 Å². The molecule has 78 valence electrons. The van der Waals surface area contributed by atoms with Gasteiger partial charge in [0, 0.05) is 31.1 Å². The molecule has 1 heterocycles. The zero-order chi connectivity index (χ0) is 10.6. The molecule has 2 N–H and O–H groups in total. The Hall–Kier alpha value is -0.970. The zero-order valence-electron chi connectivity index (χ0n) is 8.22. The van der Waals surface area contributed by atoms with Crippen LogP contribution in [0.4, 0.5) is 8.78 Å². The quantitative estimate of drug-likeness (QED) is 0.744. The van der Waals surface area contributed by atoms with E-state index in [1.165, 1.54) is 0 Å². The molecule has 0 radical (unpaired) electrons. The highest BCUT2D eigenvalue weighted by atomic mass is 19.3. The Labute approximate surface area is 80.9 Å². The maximum Gasteiger partial charge on any atom is 0.252 e. The lowest BCUT2D eigenvalue weighted by Gasteiger charge is -2.44. The van der Waals surface area contributed by atoms with Crippen LogP contribution in [0.25, 0.3) is 0 Å². The topological polar surface area (TPSA) is 43.8 Å². The standard InChI is InChI=1S/C9H13F2N3/c1-6-7(3-13-14(6)2)8(12)4-9(10,11)5-8/h3H,4-5,12H2,1-2H3. The van der Waals surface area contributed by atoms with Crippen LogP contribution in [0.1, 0.15) is 24.1 Å². The summed E-state index contributed by atoms with van der Waals surface area (Å²) in [7, 11) is 1.78. The predicted molar refractivity (Wildman–Crippen MR) is 48.0 cm³/mol. The van der Waals surface area contributed by atoms with Gasteiger partial charge in [-0.25, -0.2) is 8.78 Å². The Morgan fingerprint density at radius 2 is 2.07 bits per heavy atom. The fraction of sp³-hybridized carbons (Fsp3) is 0.667. The summed E-state index contributed by atoms with van der Waals surface area (Å²) in [5, 5.41) is 4.00. The Balaban J connectivity index is 2.29. The van der Waals surface area contributed by atoms with E-state index in [1.807, 2.05) is 6.92 Å². The van der Waals surface area contributed by atoms with Crippen molar-refractivity contribution in [2.24, 2.45) is 12.8 Å². The van der Waals surface area contributed by atoms with Crippen molar-refractivity contribution in [2.75, 3.05) is 0 Å². The fourth-order valence-corrected chi connectivity index (χ4v) is 2.05. The molecule has 14 heavy (non-hydrogen) atoms. The van der Waals surface area contributed by atoms with Crippen molar-refractivity contribution in [3.05, 3.63) is 17.5 Å². The first-order valence-electron chi connectivity index (χ1n) is 4.50. The second kappa shape index (κ2) is 2.53. The summed E-state index contributed by atoms with van der Waals surface area (Å²) in [6.07, 6.45) is 1.05. The van der Waals surface area contributed by atoms with Crippen molar-refractivity contribution < 1.29 is 8.78 Å². The maximum absolute atomic E-state index is 12.8. The Kier molecular flexibility index (Phi) is 1.73. The normalized spacial score (nSPS) is 23.2. The van der Waals surface area contributed by atoms with Gasteiger partial charge in [-0.05, 0) is 6.92 Å². The van der Waals surface area contributed by atoms with E-state index in [2.05, 4.69) is 5.10 Å². The van der Waals surface area contributed by atoms with E-state index in [-0.39, 0.29) is 12.8 Å². The summed E-state index contributed by atoms with van der Waals surface area (Å²) in [6.45, 7) is 1.84. The van der Waals surface area contributed by atoms with Gasteiger partial charge in [-0.3, -0.25) is 4.68 Å². The van der Waals surface area contributed by atoms with E-state index >= 15 is 0 Å². The molecule has 1 saturated carbocycles. The van der Waals surface area contributed by atoms with E-state index in [0.717, 1.165) is 11.3 Å². The first-order valence-corrected chi connectivity index (χ1v) is 4.50. The van der Waals surface area contributed by atoms with Crippen LogP contribution in [0.15, 0.2) is 6.20 Å². The van der Waals surface area contributed by atoms with Gasteiger partial charge >= 0.3 is 0 Å². The summed E-state index contributed by atoms with van der Waals surface area (Å²) in [5.74, 6) is -2.60. The van der Waals surface area contributed by atoms with Gasteiger partial charge in [0.05, 0.1) is 11.7 Å². The van der Waals surface area contributed by atoms with Crippen LogP contribution >= 0.6 is 0 Å². The van der Waals surface area contributed by atoms with Crippen molar-refractivity contribution in [1.29, 1.82) is 0 Å². The highest BCUT2D eigenvalue weighted by Crippen LogP contribution is 2.50. The van der Waals surface area contributed by atoms with Gasteiger partial charge in [-0.15, -0.1) is 0 Å². The third kappa shape index (κ3) is 1.23. The summed E-state index contributed by atoms with van der Waals surface area (Å²) >= 11 is 0. The molecular formula is C9H13F2N3. The number of nitrogens with zero attached hydrogens (tertiary/aromatic N) is 2. The maximum atomic E-state index is 12.8. The number of hydrogen-bond acceptors (Lipinski definition) is 2. The average molecular weight is 201 g/mol. The number of halogens is 2. The molecule has 0 spiro atoms. The van der Waals surface area contributed by atoms with Crippen LogP contribution < -0.4 is 5.73 Å².